The highest BCUT2D eigenvalue weighted by atomic mass is 79.9. The Bertz CT molecular complexity index is 2120. The smallest absolute Gasteiger partial charge is 0.309 e. The Morgan fingerprint density at radius 1 is 0.730 bits per heavy atom. The number of methoxy groups -OCH3 is 2. The summed E-state index contributed by atoms with van der Waals surface area (Å²) in [5.41, 5.74) is 0.400. The number of hydrogen-bond acceptors (Lipinski definition) is 17. The van der Waals surface area contributed by atoms with Crippen LogP contribution in [0.1, 0.15) is 167 Å². The summed E-state index contributed by atoms with van der Waals surface area (Å²) >= 11 is 3.38. The first-order valence-electron chi connectivity index (χ1n) is 27.6. The first-order chi connectivity index (χ1) is 35.3. The van der Waals surface area contributed by atoms with E-state index in [1.807, 2.05) is 27.7 Å². The molecule has 8 aliphatic heterocycles. The molecule has 74 heavy (non-hydrogen) atoms. The third-order valence-corrected chi connectivity index (χ3v) is 17.9. The minimum absolute atomic E-state index is 0.00688. The molecule has 0 amide bonds. The average molecular weight is 1110 g/mol. The second-order valence-electron chi connectivity index (χ2n) is 23.4. The van der Waals surface area contributed by atoms with Crippen LogP contribution in [0.5, 0.6) is 0 Å². The minimum Gasteiger partial charge on any atom is -0.459 e. The van der Waals surface area contributed by atoms with Crippen molar-refractivity contribution in [2.24, 2.45) is 17.8 Å². The van der Waals surface area contributed by atoms with Crippen molar-refractivity contribution < 1.29 is 81.1 Å². The average Bonchev–Trinajstić information content (AvgIpc) is 3.68. The van der Waals surface area contributed by atoms with Gasteiger partial charge < -0.3 is 61.9 Å². The van der Waals surface area contributed by atoms with E-state index >= 15 is 0 Å². The number of hydrogen-bond donors (Lipinski definition) is 1. The van der Waals surface area contributed by atoms with Crippen LogP contribution < -0.4 is 0 Å². The van der Waals surface area contributed by atoms with Crippen molar-refractivity contribution in [2.45, 2.75) is 253 Å². The van der Waals surface area contributed by atoms with Crippen LogP contribution >= 0.6 is 15.9 Å². The lowest BCUT2D eigenvalue weighted by molar-refractivity contribution is -0.414. The van der Waals surface area contributed by atoms with Crippen LogP contribution in [0.4, 0.5) is 0 Å². The number of halogens is 1. The molecule has 414 valence electrons. The summed E-state index contributed by atoms with van der Waals surface area (Å²) in [6, 6.07) is 6.79. The Morgan fingerprint density at radius 2 is 1.45 bits per heavy atom. The number of rotatable bonds is 7. The van der Waals surface area contributed by atoms with Crippen molar-refractivity contribution >= 4 is 39.4 Å². The van der Waals surface area contributed by atoms with Gasteiger partial charge in [-0.25, -0.2) is 0 Å². The molecule has 3 spiro atoms. The number of aliphatic hydroxyl groups is 1. The summed E-state index contributed by atoms with van der Waals surface area (Å²) in [5, 5.41) is 11.9. The molecule has 17 nitrogen and oxygen atoms in total. The van der Waals surface area contributed by atoms with E-state index in [1.54, 1.807) is 38.5 Å². The maximum absolute atomic E-state index is 14.3. The molecular weight excluding hydrogens is 1020 g/mol. The molecule has 1 N–H and O–H groups in total. The lowest BCUT2D eigenvalue weighted by Gasteiger charge is -2.53. The van der Waals surface area contributed by atoms with Crippen molar-refractivity contribution in [2.75, 3.05) is 20.8 Å². The van der Waals surface area contributed by atoms with E-state index in [-0.39, 0.29) is 79.3 Å². The first kappa shape index (κ1) is 56.3. The number of ketones is 2. The summed E-state index contributed by atoms with van der Waals surface area (Å²) in [5.74, 6) is -6.75. The number of carbonyl (C=O) groups excluding carboxylic acids is 4. The Labute approximate surface area is 444 Å². The van der Waals surface area contributed by atoms with E-state index in [1.165, 1.54) is 0 Å². The van der Waals surface area contributed by atoms with Crippen molar-refractivity contribution in [1.29, 1.82) is 0 Å². The number of ether oxygens (including phenoxy) is 12. The zero-order valence-electron chi connectivity index (χ0n) is 44.5. The molecule has 18 heteroatoms. The largest absolute Gasteiger partial charge is 0.459 e. The van der Waals surface area contributed by atoms with Gasteiger partial charge in [-0.15, -0.1) is 0 Å². The maximum atomic E-state index is 14.3. The van der Waals surface area contributed by atoms with Crippen molar-refractivity contribution in [3.05, 3.63) is 34.3 Å². The highest BCUT2D eigenvalue weighted by Gasteiger charge is 2.61. The predicted octanol–water partition coefficient (Wildman–Crippen LogP) is 8.38. The zero-order valence-corrected chi connectivity index (χ0v) is 46.1. The molecule has 0 unspecified atom stereocenters. The number of esters is 2. The first-order valence-corrected chi connectivity index (χ1v) is 28.4. The Kier molecular flexibility index (Phi) is 17.9. The number of carbonyl (C=O) groups is 4. The van der Waals surface area contributed by atoms with Crippen LogP contribution in [0.2, 0.25) is 0 Å². The molecule has 11 bridgehead atoms. The number of benzene rings is 1. The van der Waals surface area contributed by atoms with Gasteiger partial charge in [-0.05, 0) is 83.3 Å². The molecule has 8 aliphatic rings. The van der Waals surface area contributed by atoms with Crippen LogP contribution in [-0.4, -0.2) is 146 Å². The third-order valence-electron chi connectivity index (χ3n) is 17.4. The monoisotopic (exact) mass is 1100 g/mol. The fraction of sp³-hybridized carbons (Fsp3) is 0.821. The van der Waals surface area contributed by atoms with E-state index < -0.39 is 84.2 Å². The molecule has 1 aromatic rings. The fourth-order valence-electron chi connectivity index (χ4n) is 13.2. The highest BCUT2D eigenvalue weighted by Crippen LogP contribution is 2.53. The lowest BCUT2D eigenvalue weighted by atomic mass is 9.82. The highest BCUT2D eigenvalue weighted by molar-refractivity contribution is 9.10. The fourth-order valence-corrected chi connectivity index (χ4v) is 13.5. The van der Waals surface area contributed by atoms with Gasteiger partial charge in [0, 0.05) is 93.9 Å². The quantitative estimate of drug-likeness (QED) is 0.201. The molecule has 0 aromatic heterocycles. The molecule has 0 radical (unpaired) electrons. The van der Waals surface area contributed by atoms with Crippen LogP contribution in [0.25, 0.3) is 0 Å². The molecule has 8 saturated heterocycles. The molecule has 9 rings (SSSR count). The van der Waals surface area contributed by atoms with Gasteiger partial charge >= 0.3 is 11.9 Å². The van der Waals surface area contributed by atoms with E-state index in [9.17, 15) is 24.3 Å². The van der Waals surface area contributed by atoms with Gasteiger partial charge in [0.05, 0.1) is 61.7 Å². The molecule has 8 heterocycles. The minimum atomic E-state index is -1.45. The Morgan fingerprint density at radius 3 is 2.20 bits per heavy atom. The van der Waals surface area contributed by atoms with Gasteiger partial charge in [0.2, 0.25) is 0 Å². The predicted molar refractivity (Wildman–Crippen MR) is 268 cm³/mol. The van der Waals surface area contributed by atoms with E-state index in [0.717, 1.165) is 23.7 Å². The summed E-state index contributed by atoms with van der Waals surface area (Å²) in [7, 11) is 3.25. The molecule has 18 atom stereocenters. The maximum Gasteiger partial charge on any atom is 0.309 e. The van der Waals surface area contributed by atoms with Crippen LogP contribution in [0, 0.1) is 17.8 Å². The standard InChI is InChI=1S/C56H81BrO17/c1-32-17-20-54-22-19-44(64-7)52(73-54)51(62)50(61)33(2)11-16-39-24-42(63-6)29-55(70-39)21-18-34(3)56(74-55)30-47(46(72-56)28-48(59)65-31-43(58)35-12-14-36(57)15-13-35)67-49(60)27-38-10-8-9-37(66-38)23-40-25-41(26-45(32)71-54)69-53(4,5)68-40/h12-15,32-34,37-42,44-47,51-52,62H,8-11,16-31H2,1-7H3/t32-,33-,34-,37-,38+,39+,40+,41-,42-,44-,45+,46-,47-,51-,52-,54-,55+,56+/m0/s1. The lowest BCUT2D eigenvalue weighted by Crippen LogP contribution is -2.59. The van der Waals surface area contributed by atoms with Gasteiger partial charge in [-0.1, -0.05) is 48.8 Å². The summed E-state index contributed by atoms with van der Waals surface area (Å²) in [4.78, 5) is 55.1. The van der Waals surface area contributed by atoms with Crippen molar-refractivity contribution in [3.63, 3.8) is 0 Å². The summed E-state index contributed by atoms with van der Waals surface area (Å²) in [6.07, 6.45) is 3.13. The molecule has 0 aliphatic carbocycles. The number of aliphatic hydroxyl groups excluding tert-OH is 1. The molecule has 1 aromatic carbocycles. The van der Waals surface area contributed by atoms with Crippen LogP contribution in [-0.2, 0) is 71.2 Å². The number of Topliss-reactive ketones (excluding diaryl/α,β-unsaturated/α-hetero) is 2. The zero-order chi connectivity index (χ0) is 52.6. The molecule has 8 fully saturated rings. The molecule has 0 saturated carbocycles. The van der Waals surface area contributed by atoms with E-state index in [0.29, 0.717) is 89.0 Å². The third kappa shape index (κ3) is 13.2. The normalized spacial score (nSPS) is 43.2. The van der Waals surface area contributed by atoms with Crippen LogP contribution in [0.15, 0.2) is 28.7 Å². The number of fused-ring (bicyclic) bond motifs is 8. The second-order valence-corrected chi connectivity index (χ2v) is 24.3. The van der Waals surface area contributed by atoms with Gasteiger partial charge in [-0.2, -0.15) is 0 Å². The van der Waals surface area contributed by atoms with E-state index in [4.69, 9.17) is 56.8 Å². The van der Waals surface area contributed by atoms with Gasteiger partial charge in [0.1, 0.15) is 24.4 Å². The van der Waals surface area contributed by atoms with E-state index in [2.05, 4.69) is 22.9 Å². The Balaban J connectivity index is 0.971. The van der Waals surface area contributed by atoms with Gasteiger partial charge in [0.15, 0.2) is 41.3 Å². The SMILES string of the molecule is CO[C@H]1C[C@H]2CC[C@H](C)C(=O)[C@H](O)[C@H]3O[C@]4(CC[C@@H]3OC)CC[C@H](C)[C@@H](C[C@@H]3C[C@@H](C[C@@H]5CCC[C@H](CC(=O)O[C@H]6C[C@@]7(O[C@H]6CC(=O)OCC(=O)c6ccc(Br)cc6)O[C@](CC[C@@H]7C)(C1)O2)O5)OC(C)(C)O3)O4. The van der Waals surface area contributed by atoms with Crippen LogP contribution in [0.3, 0.4) is 0 Å². The van der Waals surface area contributed by atoms with Gasteiger partial charge in [0.25, 0.3) is 0 Å². The second kappa shape index (κ2) is 23.5. The van der Waals surface area contributed by atoms with Crippen molar-refractivity contribution in [3.8, 4) is 0 Å². The summed E-state index contributed by atoms with van der Waals surface area (Å²) in [6.45, 7) is 9.44. The van der Waals surface area contributed by atoms with Crippen molar-refractivity contribution in [1.82, 2.24) is 0 Å². The summed E-state index contributed by atoms with van der Waals surface area (Å²) < 4.78 is 79.1. The van der Waals surface area contributed by atoms with Gasteiger partial charge in [-0.3, -0.25) is 19.2 Å². The topological polar surface area (TPSA) is 199 Å². The Hall–Kier alpha value is -2.46. The molecular formula is C56H81BrO17.